The van der Waals surface area contributed by atoms with Gasteiger partial charge in [0.25, 0.3) is 0 Å². The monoisotopic (exact) mass is 379 g/mol. The van der Waals surface area contributed by atoms with Crippen LogP contribution in [0.3, 0.4) is 0 Å². The van der Waals surface area contributed by atoms with Crippen molar-refractivity contribution in [3.8, 4) is 0 Å². The molecule has 0 aromatic carbocycles. The zero-order valence-corrected chi connectivity index (χ0v) is 17.0. The van der Waals surface area contributed by atoms with Gasteiger partial charge in [-0.3, -0.25) is 5.32 Å². The average molecular weight is 380 g/mol. The molecule has 1 saturated carbocycles. The van der Waals surface area contributed by atoms with E-state index in [1.165, 1.54) is 45.2 Å². The van der Waals surface area contributed by atoms with E-state index in [-0.39, 0.29) is 12.3 Å². The molecule has 6 heteroatoms. The van der Waals surface area contributed by atoms with Gasteiger partial charge in [0.15, 0.2) is 0 Å². The lowest BCUT2D eigenvalue weighted by Gasteiger charge is -2.52. The van der Waals surface area contributed by atoms with Gasteiger partial charge >= 0.3 is 6.09 Å². The van der Waals surface area contributed by atoms with Crippen LogP contribution in [0.1, 0.15) is 52.4 Å². The first-order chi connectivity index (χ1) is 13.0. The molecule has 154 valence electrons. The Hall–Kier alpha value is -0.850. The summed E-state index contributed by atoms with van der Waals surface area (Å²) >= 11 is 0. The third kappa shape index (κ3) is 3.85. The number of nitrogens with one attached hydrogen (secondary N) is 1. The molecule has 1 aliphatic carbocycles. The van der Waals surface area contributed by atoms with Gasteiger partial charge < -0.3 is 19.6 Å². The van der Waals surface area contributed by atoms with Gasteiger partial charge in [0.1, 0.15) is 6.23 Å². The third-order valence-electron chi connectivity index (χ3n) is 7.91. The fourth-order valence-corrected chi connectivity index (χ4v) is 6.33. The molecule has 1 spiro atoms. The highest BCUT2D eigenvalue weighted by Crippen LogP contribution is 2.51. The van der Waals surface area contributed by atoms with Gasteiger partial charge in [-0.15, -0.1) is 0 Å². The molecule has 4 fully saturated rings. The van der Waals surface area contributed by atoms with Crippen molar-refractivity contribution >= 4 is 6.09 Å². The molecule has 3 aliphatic heterocycles. The summed E-state index contributed by atoms with van der Waals surface area (Å²) in [4.78, 5) is 16.6. The Morgan fingerprint density at radius 1 is 1.22 bits per heavy atom. The molecule has 3 saturated heterocycles. The predicted molar refractivity (Wildman–Crippen MR) is 104 cm³/mol. The molecule has 1 amide bonds. The number of ether oxygens (including phenoxy) is 1. The molecular weight excluding hydrogens is 342 g/mol. The van der Waals surface area contributed by atoms with Gasteiger partial charge in [0.2, 0.25) is 0 Å². The summed E-state index contributed by atoms with van der Waals surface area (Å²) in [7, 11) is 0. The van der Waals surface area contributed by atoms with Gasteiger partial charge in [-0.05, 0) is 82.3 Å². The van der Waals surface area contributed by atoms with E-state index < -0.39 is 0 Å². The number of hydrogen-bond acceptors (Lipinski definition) is 5. The van der Waals surface area contributed by atoms with Crippen LogP contribution >= 0.6 is 0 Å². The first kappa shape index (κ1) is 19.5. The molecule has 27 heavy (non-hydrogen) atoms. The number of hydrogen-bond donors (Lipinski definition) is 2. The van der Waals surface area contributed by atoms with Crippen LogP contribution in [-0.2, 0) is 4.74 Å². The van der Waals surface area contributed by atoms with Crippen LogP contribution in [0, 0.1) is 23.2 Å². The predicted octanol–water partition coefficient (Wildman–Crippen LogP) is 2.27. The van der Waals surface area contributed by atoms with Crippen LogP contribution in [0.5, 0.6) is 0 Å². The van der Waals surface area contributed by atoms with Gasteiger partial charge in [-0.25, -0.2) is 4.79 Å². The van der Waals surface area contributed by atoms with E-state index in [1.807, 2.05) is 11.8 Å². The maximum atomic E-state index is 12.0. The molecule has 0 radical (unpaired) electrons. The number of nitrogens with zero attached hydrogens (tertiary/aromatic N) is 2. The zero-order chi connectivity index (χ0) is 19.0. The lowest BCUT2D eigenvalue weighted by Crippen LogP contribution is -2.56. The Morgan fingerprint density at radius 3 is 2.63 bits per heavy atom. The number of amides is 1. The van der Waals surface area contributed by atoms with Crippen LogP contribution in [0.25, 0.3) is 0 Å². The Morgan fingerprint density at radius 2 is 1.96 bits per heavy atom. The number of carbonyl (C=O) groups is 1. The van der Waals surface area contributed by atoms with Crippen LogP contribution in [0.2, 0.25) is 0 Å². The second kappa shape index (κ2) is 7.88. The molecule has 0 aromatic rings. The van der Waals surface area contributed by atoms with Crippen LogP contribution in [0.15, 0.2) is 0 Å². The Bertz CT molecular complexity index is 519. The summed E-state index contributed by atoms with van der Waals surface area (Å²) in [6.45, 7) is 9.68. The fourth-order valence-electron chi connectivity index (χ4n) is 6.33. The Labute approximate surface area is 163 Å². The van der Waals surface area contributed by atoms with Crippen LogP contribution < -0.4 is 5.32 Å². The van der Waals surface area contributed by atoms with E-state index in [2.05, 4.69) is 17.1 Å². The standard InChI is InChI=1S/C21H37N3O3/c1-3-27-20(26)24-11-7-21(14-24)12-17(13-21)23-9-5-16(6-10-23)18-15(2)4-8-22-19(18)25/h15-19,22,25H,3-14H2,1-2H3. The smallest absolute Gasteiger partial charge is 0.409 e. The van der Waals surface area contributed by atoms with Gasteiger partial charge in [-0.2, -0.15) is 0 Å². The molecule has 0 aromatic heterocycles. The molecule has 2 N–H and O–H groups in total. The van der Waals surface area contributed by atoms with Crippen molar-refractivity contribution in [1.29, 1.82) is 0 Å². The van der Waals surface area contributed by atoms with Crippen LogP contribution in [-0.4, -0.2) is 72.6 Å². The number of rotatable bonds is 3. The molecule has 0 bridgehead atoms. The van der Waals surface area contributed by atoms with Crippen molar-refractivity contribution in [3.05, 3.63) is 0 Å². The number of carbonyl (C=O) groups excluding carboxylic acids is 1. The van der Waals surface area contributed by atoms with E-state index in [4.69, 9.17) is 4.74 Å². The van der Waals surface area contributed by atoms with E-state index in [1.54, 1.807) is 0 Å². The zero-order valence-electron chi connectivity index (χ0n) is 17.0. The summed E-state index contributed by atoms with van der Waals surface area (Å²) in [5.74, 6) is 1.69. The van der Waals surface area contributed by atoms with Gasteiger partial charge in [0, 0.05) is 25.0 Å². The normalized spacial score (nSPS) is 40.9. The SMILES string of the molecule is CCOC(=O)N1CCC2(CC(N3CCC(C4C(C)CCNC4O)CC3)C2)C1. The van der Waals surface area contributed by atoms with Gasteiger partial charge in [-0.1, -0.05) is 6.92 Å². The lowest BCUT2D eigenvalue weighted by atomic mass is 9.63. The third-order valence-corrected chi connectivity index (χ3v) is 7.91. The minimum absolute atomic E-state index is 0.132. The quantitative estimate of drug-likeness (QED) is 0.788. The minimum atomic E-state index is -0.315. The van der Waals surface area contributed by atoms with Crippen molar-refractivity contribution in [2.24, 2.45) is 23.2 Å². The Kier molecular flexibility index (Phi) is 5.68. The lowest BCUT2D eigenvalue weighted by molar-refractivity contribution is -0.0501. The molecule has 3 heterocycles. The van der Waals surface area contributed by atoms with Crippen molar-refractivity contribution in [1.82, 2.24) is 15.1 Å². The number of aliphatic hydroxyl groups excluding tert-OH is 1. The first-order valence-electron chi connectivity index (χ1n) is 11.1. The first-order valence-corrected chi connectivity index (χ1v) is 11.1. The molecule has 6 nitrogen and oxygen atoms in total. The van der Waals surface area contributed by atoms with Gasteiger partial charge in [0.05, 0.1) is 6.61 Å². The number of likely N-dealkylation sites (tertiary alicyclic amines) is 2. The highest BCUT2D eigenvalue weighted by atomic mass is 16.6. The van der Waals surface area contributed by atoms with E-state index in [0.717, 1.165) is 26.1 Å². The van der Waals surface area contributed by atoms with E-state index >= 15 is 0 Å². The van der Waals surface area contributed by atoms with Crippen molar-refractivity contribution in [2.45, 2.75) is 64.6 Å². The summed E-state index contributed by atoms with van der Waals surface area (Å²) < 4.78 is 5.17. The molecule has 3 atom stereocenters. The number of aliphatic hydroxyl groups is 1. The van der Waals surface area contributed by atoms with E-state index in [0.29, 0.717) is 35.8 Å². The molecular formula is C21H37N3O3. The summed E-state index contributed by atoms with van der Waals surface area (Å²) in [5, 5.41) is 13.7. The summed E-state index contributed by atoms with van der Waals surface area (Å²) in [6, 6.07) is 0.694. The largest absolute Gasteiger partial charge is 0.450 e. The maximum absolute atomic E-state index is 12.0. The van der Waals surface area contributed by atoms with Crippen LogP contribution in [0.4, 0.5) is 4.79 Å². The van der Waals surface area contributed by atoms with E-state index in [9.17, 15) is 9.90 Å². The highest BCUT2D eigenvalue weighted by molar-refractivity contribution is 5.68. The fraction of sp³-hybridized carbons (Fsp3) is 0.952. The molecule has 4 aliphatic rings. The second-order valence-corrected chi connectivity index (χ2v) is 9.55. The topological polar surface area (TPSA) is 65.0 Å². The van der Waals surface area contributed by atoms with Crippen molar-refractivity contribution < 1.29 is 14.6 Å². The van der Waals surface area contributed by atoms with Crippen molar-refractivity contribution in [2.75, 3.05) is 39.3 Å². The minimum Gasteiger partial charge on any atom is -0.450 e. The average Bonchev–Trinajstić information content (AvgIpc) is 3.07. The van der Waals surface area contributed by atoms with Crippen molar-refractivity contribution in [3.63, 3.8) is 0 Å². The molecule has 3 unspecified atom stereocenters. The number of piperidine rings is 2. The maximum Gasteiger partial charge on any atom is 0.409 e. The summed E-state index contributed by atoms with van der Waals surface area (Å²) in [6.07, 6.45) is 6.77. The second-order valence-electron chi connectivity index (χ2n) is 9.55. The highest BCUT2D eigenvalue weighted by Gasteiger charge is 2.51. The summed E-state index contributed by atoms with van der Waals surface area (Å²) in [5.41, 5.74) is 0.353. The molecule has 4 rings (SSSR count). The Balaban J connectivity index is 1.23.